The number of nitrogens with one attached hydrogen (secondary N) is 1. The van der Waals surface area contributed by atoms with Crippen LogP contribution in [0, 0.1) is 6.92 Å². The van der Waals surface area contributed by atoms with Gasteiger partial charge in [0.1, 0.15) is 12.1 Å². The number of carbonyl (C=O) groups excluding carboxylic acids is 2. The topological polar surface area (TPSA) is 88.3 Å². The molecule has 1 unspecified atom stereocenters. The van der Waals surface area contributed by atoms with Gasteiger partial charge in [-0.05, 0) is 43.2 Å². The summed E-state index contributed by atoms with van der Waals surface area (Å²) >= 11 is 3.40. The number of aryl methyl sites for hydroxylation is 1. The first-order valence-electron chi connectivity index (χ1n) is 8.67. The predicted molar refractivity (Wildman–Crippen MR) is 105 cm³/mol. The Hall–Kier alpha value is -3.00. The Balaban J connectivity index is 1.59. The highest BCUT2D eigenvalue weighted by Crippen LogP contribution is 2.32. The number of benzene rings is 2. The van der Waals surface area contributed by atoms with E-state index < -0.39 is 11.6 Å². The van der Waals surface area contributed by atoms with E-state index in [2.05, 4.69) is 31.4 Å². The molecule has 8 heteroatoms. The molecule has 7 nitrogen and oxygen atoms in total. The highest BCUT2D eigenvalue weighted by atomic mass is 79.9. The van der Waals surface area contributed by atoms with Crippen LogP contribution in [0.15, 0.2) is 57.4 Å². The molecule has 142 valence electrons. The highest BCUT2D eigenvalue weighted by molar-refractivity contribution is 9.10. The number of urea groups is 1. The van der Waals surface area contributed by atoms with Crippen LogP contribution >= 0.6 is 15.9 Å². The van der Waals surface area contributed by atoms with Gasteiger partial charge in [0.05, 0.1) is 0 Å². The van der Waals surface area contributed by atoms with Crippen LogP contribution in [0.1, 0.15) is 23.9 Å². The van der Waals surface area contributed by atoms with E-state index in [4.69, 9.17) is 4.42 Å². The van der Waals surface area contributed by atoms with Crippen LogP contribution in [0.2, 0.25) is 0 Å². The molecule has 1 aliphatic heterocycles. The quantitative estimate of drug-likeness (QED) is 0.623. The zero-order valence-corrected chi connectivity index (χ0v) is 16.9. The first kappa shape index (κ1) is 18.4. The SMILES string of the molecule is Cc1ccccc1C1(C)NC(=O)N(Cc2nnc(-c3cccc(Br)c3)o2)C1=O. The number of halogens is 1. The number of amides is 3. The molecule has 1 aliphatic rings. The molecule has 2 heterocycles. The molecule has 28 heavy (non-hydrogen) atoms. The van der Waals surface area contributed by atoms with Crippen molar-refractivity contribution in [2.24, 2.45) is 0 Å². The van der Waals surface area contributed by atoms with Crippen LogP contribution in [-0.4, -0.2) is 27.0 Å². The van der Waals surface area contributed by atoms with E-state index in [1.54, 1.807) is 6.92 Å². The van der Waals surface area contributed by atoms with Crippen molar-refractivity contribution in [3.63, 3.8) is 0 Å². The van der Waals surface area contributed by atoms with Gasteiger partial charge >= 0.3 is 6.03 Å². The Bertz CT molecular complexity index is 1080. The first-order chi connectivity index (χ1) is 13.4. The summed E-state index contributed by atoms with van der Waals surface area (Å²) in [6, 6.07) is 14.4. The summed E-state index contributed by atoms with van der Waals surface area (Å²) in [7, 11) is 0. The molecule has 0 saturated carbocycles. The average molecular weight is 441 g/mol. The Labute approximate surface area is 169 Å². The predicted octanol–water partition coefficient (Wildman–Crippen LogP) is 3.77. The van der Waals surface area contributed by atoms with Gasteiger partial charge in [-0.2, -0.15) is 0 Å². The Kier molecular flexibility index (Phi) is 4.50. The van der Waals surface area contributed by atoms with Gasteiger partial charge in [-0.15, -0.1) is 10.2 Å². The Morgan fingerprint density at radius 3 is 2.68 bits per heavy atom. The molecular weight excluding hydrogens is 424 g/mol. The first-order valence-corrected chi connectivity index (χ1v) is 9.46. The number of hydrogen-bond acceptors (Lipinski definition) is 5. The lowest BCUT2D eigenvalue weighted by Gasteiger charge is -2.23. The molecule has 2 aromatic carbocycles. The monoisotopic (exact) mass is 440 g/mol. The normalized spacial score (nSPS) is 19.2. The largest absolute Gasteiger partial charge is 0.419 e. The summed E-state index contributed by atoms with van der Waals surface area (Å²) in [4.78, 5) is 26.7. The minimum absolute atomic E-state index is 0.0901. The highest BCUT2D eigenvalue weighted by Gasteiger charge is 2.49. The molecule has 4 rings (SSSR count). The summed E-state index contributed by atoms with van der Waals surface area (Å²) in [6.45, 7) is 3.52. The van der Waals surface area contributed by atoms with E-state index in [1.807, 2.05) is 55.5 Å². The molecule has 0 radical (unpaired) electrons. The van der Waals surface area contributed by atoms with Crippen LogP contribution in [0.25, 0.3) is 11.5 Å². The Morgan fingerprint density at radius 2 is 1.93 bits per heavy atom. The maximum atomic E-state index is 13.1. The fraction of sp³-hybridized carbons (Fsp3) is 0.200. The number of rotatable bonds is 4. The second-order valence-corrected chi connectivity index (χ2v) is 7.69. The fourth-order valence-corrected chi connectivity index (χ4v) is 3.75. The second-order valence-electron chi connectivity index (χ2n) is 6.77. The zero-order chi connectivity index (χ0) is 19.9. The summed E-state index contributed by atoms with van der Waals surface area (Å²) < 4.78 is 6.55. The van der Waals surface area contributed by atoms with Crippen molar-refractivity contribution in [2.45, 2.75) is 25.9 Å². The van der Waals surface area contributed by atoms with Crippen molar-refractivity contribution in [1.82, 2.24) is 20.4 Å². The van der Waals surface area contributed by atoms with Gasteiger partial charge in [0.15, 0.2) is 0 Å². The van der Waals surface area contributed by atoms with Crippen molar-refractivity contribution in [3.8, 4) is 11.5 Å². The summed E-state index contributed by atoms with van der Waals surface area (Å²) in [6.07, 6.45) is 0. The van der Waals surface area contributed by atoms with Gasteiger partial charge in [-0.3, -0.25) is 9.69 Å². The molecular formula is C20H17BrN4O3. The molecule has 1 saturated heterocycles. The van der Waals surface area contributed by atoms with E-state index in [0.717, 1.165) is 26.1 Å². The van der Waals surface area contributed by atoms with Gasteiger partial charge in [0.2, 0.25) is 11.8 Å². The van der Waals surface area contributed by atoms with Crippen molar-refractivity contribution in [2.75, 3.05) is 0 Å². The van der Waals surface area contributed by atoms with Gasteiger partial charge in [0, 0.05) is 10.0 Å². The van der Waals surface area contributed by atoms with E-state index in [0.29, 0.717) is 5.89 Å². The molecule has 0 bridgehead atoms. The number of nitrogens with zero attached hydrogens (tertiary/aromatic N) is 3. The maximum absolute atomic E-state index is 13.1. The third kappa shape index (κ3) is 3.09. The second kappa shape index (κ2) is 6.87. The van der Waals surface area contributed by atoms with Gasteiger partial charge in [0.25, 0.3) is 5.91 Å². The van der Waals surface area contributed by atoms with Crippen LogP contribution in [0.5, 0.6) is 0 Å². The summed E-state index contributed by atoms with van der Waals surface area (Å²) in [5, 5.41) is 10.8. The smallest absolute Gasteiger partial charge is 0.325 e. The third-order valence-corrected chi connectivity index (χ3v) is 5.28. The fourth-order valence-electron chi connectivity index (χ4n) is 3.35. The minimum atomic E-state index is -1.13. The molecule has 0 aliphatic carbocycles. The van der Waals surface area contributed by atoms with Crippen molar-refractivity contribution in [3.05, 3.63) is 70.0 Å². The average Bonchev–Trinajstić information content (AvgIpc) is 3.22. The van der Waals surface area contributed by atoms with Gasteiger partial charge in [-0.1, -0.05) is 46.3 Å². The van der Waals surface area contributed by atoms with Crippen LogP contribution in [0.4, 0.5) is 4.79 Å². The third-order valence-electron chi connectivity index (χ3n) is 4.79. The van der Waals surface area contributed by atoms with E-state index in [-0.39, 0.29) is 18.3 Å². The maximum Gasteiger partial charge on any atom is 0.325 e. The molecule has 1 N–H and O–H groups in total. The molecule has 3 aromatic rings. The van der Waals surface area contributed by atoms with Crippen molar-refractivity contribution < 1.29 is 14.0 Å². The lowest BCUT2D eigenvalue weighted by molar-refractivity contribution is -0.131. The summed E-state index contributed by atoms with van der Waals surface area (Å²) in [5.74, 6) is 0.159. The van der Waals surface area contributed by atoms with Crippen LogP contribution in [0.3, 0.4) is 0 Å². The molecule has 3 amide bonds. The molecule has 1 aromatic heterocycles. The number of hydrogen-bond donors (Lipinski definition) is 1. The lowest BCUT2D eigenvalue weighted by atomic mass is 9.88. The van der Waals surface area contributed by atoms with Crippen molar-refractivity contribution >= 4 is 27.9 Å². The molecule has 1 atom stereocenters. The standard InChI is InChI=1S/C20H17BrN4O3/c1-12-6-3-4-9-15(12)20(2)18(26)25(19(27)22-20)11-16-23-24-17(28-16)13-7-5-8-14(21)10-13/h3-10H,11H2,1-2H3,(H,22,27). The summed E-state index contributed by atoms with van der Waals surface area (Å²) in [5.41, 5.74) is 1.30. The lowest BCUT2D eigenvalue weighted by Crippen LogP contribution is -2.41. The van der Waals surface area contributed by atoms with Gasteiger partial charge < -0.3 is 9.73 Å². The minimum Gasteiger partial charge on any atom is -0.419 e. The van der Waals surface area contributed by atoms with Crippen LogP contribution in [-0.2, 0) is 16.9 Å². The van der Waals surface area contributed by atoms with E-state index in [1.165, 1.54) is 0 Å². The van der Waals surface area contributed by atoms with Crippen molar-refractivity contribution in [1.29, 1.82) is 0 Å². The number of aromatic nitrogens is 2. The molecule has 0 spiro atoms. The van der Waals surface area contributed by atoms with E-state index >= 15 is 0 Å². The Morgan fingerprint density at radius 1 is 1.14 bits per heavy atom. The number of carbonyl (C=O) groups is 2. The molecule has 1 fully saturated rings. The van der Waals surface area contributed by atoms with Crippen LogP contribution < -0.4 is 5.32 Å². The zero-order valence-electron chi connectivity index (χ0n) is 15.3. The number of imide groups is 1. The van der Waals surface area contributed by atoms with E-state index in [9.17, 15) is 9.59 Å². The van der Waals surface area contributed by atoms with Gasteiger partial charge in [-0.25, -0.2) is 4.79 Å².